The molecule has 0 radical (unpaired) electrons. The van der Waals surface area contributed by atoms with Gasteiger partial charge < -0.3 is 10.1 Å². The monoisotopic (exact) mass is 213 g/mol. The average molecular weight is 213 g/mol. The summed E-state index contributed by atoms with van der Waals surface area (Å²) in [6.45, 7) is 3.11. The highest BCUT2D eigenvalue weighted by molar-refractivity contribution is 5.84. The van der Waals surface area contributed by atoms with Crippen LogP contribution >= 0.6 is 0 Å². The Bertz CT molecular complexity index is 234. The van der Waals surface area contributed by atoms with Crippen LogP contribution in [0.15, 0.2) is 0 Å². The highest BCUT2D eigenvalue weighted by Crippen LogP contribution is 2.20. The summed E-state index contributed by atoms with van der Waals surface area (Å²) in [6, 6.07) is -0.457. The van der Waals surface area contributed by atoms with Crippen molar-refractivity contribution in [1.29, 1.82) is 0 Å². The van der Waals surface area contributed by atoms with Crippen LogP contribution in [-0.2, 0) is 9.53 Å². The molecule has 4 nitrogen and oxygen atoms in total. The molecular formula is C11H19NO3. The molecule has 0 aromatic rings. The van der Waals surface area contributed by atoms with Gasteiger partial charge >= 0.3 is 6.09 Å². The van der Waals surface area contributed by atoms with E-state index in [1.165, 1.54) is 13.3 Å². The number of amides is 1. The number of Topliss-reactive ketones (excluding diaryl/α,β-unsaturated/α-hetero) is 1. The molecule has 4 heteroatoms. The van der Waals surface area contributed by atoms with Gasteiger partial charge in [-0.25, -0.2) is 4.79 Å². The van der Waals surface area contributed by atoms with Crippen LogP contribution in [0, 0.1) is 0 Å². The molecule has 1 aliphatic carbocycles. The van der Waals surface area contributed by atoms with E-state index in [-0.39, 0.29) is 11.9 Å². The van der Waals surface area contributed by atoms with Gasteiger partial charge in [-0.1, -0.05) is 6.42 Å². The molecule has 86 valence electrons. The third kappa shape index (κ3) is 4.32. The molecular weight excluding hydrogens is 194 g/mol. The number of ketones is 1. The predicted molar refractivity (Wildman–Crippen MR) is 56.6 cm³/mol. The van der Waals surface area contributed by atoms with Crippen LogP contribution in [0.5, 0.6) is 0 Å². The lowest BCUT2D eigenvalue weighted by Gasteiger charge is -2.22. The van der Waals surface area contributed by atoms with E-state index in [1.54, 1.807) is 6.92 Å². The summed E-state index contributed by atoms with van der Waals surface area (Å²) >= 11 is 0. The molecule has 1 N–H and O–H groups in total. The second-order valence-electron chi connectivity index (χ2n) is 4.14. The minimum absolute atomic E-state index is 0.0397. The zero-order valence-corrected chi connectivity index (χ0v) is 9.41. The van der Waals surface area contributed by atoms with Crippen molar-refractivity contribution in [2.45, 2.75) is 58.1 Å². The molecule has 0 spiro atoms. The fourth-order valence-electron chi connectivity index (χ4n) is 1.65. The maximum Gasteiger partial charge on any atom is 0.407 e. The smallest absolute Gasteiger partial charge is 0.407 e. The van der Waals surface area contributed by atoms with Crippen LogP contribution in [0.2, 0.25) is 0 Å². The van der Waals surface area contributed by atoms with Gasteiger partial charge in [0.2, 0.25) is 0 Å². The Morgan fingerprint density at radius 1 is 1.27 bits per heavy atom. The molecule has 1 aliphatic rings. The number of rotatable bonds is 3. The Hall–Kier alpha value is -1.06. The summed E-state index contributed by atoms with van der Waals surface area (Å²) in [6.07, 6.45) is 4.94. The van der Waals surface area contributed by atoms with Crippen molar-refractivity contribution in [3.8, 4) is 0 Å². The van der Waals surface area contributed by atoms with Crippen molar-refractivity contribution in [1.82, 2.24) is 5.32 Å². The summed E-state index contributed by atoms with van der Waals surface area (Å²) in [4.78, 5) is 22.2. The first-order chi connectivity index (χ1) is 7.09. The van der Waals surface area contributed by atoms with Gasteiger partial charge in [0.25, 0.3) is 0 Å². The van der Waals surface area contributed by atoms with E-state index in [2.05, 4.69) is 5.32 Å². The van der Waals surface area contributed by atoms with E-state index in [9.17, 15) is 9.59 Å². The minimum atomic E-state index is -0.468. The third-order valence-electron chi connectivity index (χ3n) is 2.77. The van der Waals surface area contributed by atoms with Crippen LogP contribution in [0.3, 0.4) is 0 Å². The lowest BCUT2D eigenvalue weighted by atomic mass is 9.98. The maximum absolute atomic E-state index is 11.3. The number of hydrogen-bond donors (Lipinski definition) is 1. The van der Waals surface area contributed by atoms with Crippen molar-refractivity contribution in [2.75, 3.05) is 0 Å². The Balaban J connectivity index is 2.25. The summed E-state index contributed by atoms with van der Waals surface area (Å²) < 4.78 is 5.21. The molecule has 1 amide bonds. The number of ether oxygens (including phenoxy) is 1. The van der Waals surface area contributed by atoms with Crippen LogP contribution in [0.4, 0.5) is 4.79 Å². The molecule has 0 saturated heterocycles. The normalized spacial score (nSPS) is 19.3. The van der Waals surface area contributed by atoms with E-state index in [0.29, 0.717) is 0 Å². The lowest BCUT2D eigenvalue weighted by Crippen LogP contribution is -2.39. The van der Waals surface area contributed by atoms with E-state index in [4.69, 9.17) is 4.74 Å². The number of carbonyl (C=O) groups excluding carboxylic acids is 2. The summed E-state index contributed by atoms with van der Waals surface area (Å²) in [5.74, 6) is -0.0596. The van der Waals surface area contributed by atoms with Crippen molar-refractivity contribution < 1.29 is 14.3 Å². The molecule has 1 unspecified atom stereocenters. The fourth-order valence-corrected chi connectivity index (χ4v) is 1.65. The Morgan fingerprint density at radius 2 is 1.87 bits per heavy atom. The van der Waals surface area contributed by atoms with E-state index in [0.717, 1.165) is 25.7 Å². The molecule has 1 atom stereocenters. The molecule has 0 aromatic heterocycles. The molecule has 1 rings (SSSR count). The number of alkyl carbamates (subject to hydrolysis) is 1. The molecule has 0 heterocycles. The van der Waals surface area contributed by atoms with Gasteiger partial charge in [-0.05, 0) is 39.5 Å². The van der Waals surface area contributed by atoms with Crippen molar-refractivity contribution >= 4 is 11.9 Å². The standard InChI is InChI=1S/C11H19NO3/c1-8(9(2)13)12-11(14)15-10-6-4-3-5-7-10/h8,10H,3-7H2,1-2H3,(H,12,14). The predicted octanol–water partition coefficient (Wildman–Crippen LogP) is 2.02. The second kappa shape index (κ2) is 5.73. The van der Waals surface area contributed by atoms with Gasteiger partial charge in [-0.3, -0.25) is 4.79 Å². The zero-order chi connectivity index (χ0) is 11.3. The van der Waals surface area contributed by atoms with Gasteiger partial charge in [-0.2, -0.15) is 0 Å². The number of carbonyl (C=O) groups is 2. The minimum Gasteiger partial charge on any atom is -0.446 e. The van der Waals surface area contributed by atoms with Crippen molar-refractivity contribution in [3.05, 3.63) is 0 Å². The highest BCUT2D eigenvalue weighted by atomic mass is 16.6. The van der Waals surface area contributed by atoms with Gasteiger partial charge in [0.05, 0.1) is 6.04 Å². The number of hydrogen-bond acceptors (Lipinski definition) is 3. The Morgan fingerprint density at radius 3 is 2.40 bits per heavy atom. The molecule has 1 fully saturated rings. The lowest BCUT2D eigenvalue weighted by molar-refractivity contribution is -0.118. The van der Waals surface area contributed by atoms with Crippen molar-refractivity contribution in [2.24, 2.45) is 0 Å². The first-order valence-electron chi connectivity index (χ1n) is 5.57. The largest absolute Gasteiger partial charge is 0.446 e. The fraction of sp³-hybridized carbons (Fsp3) is 0.818. The molecule has 0 bridgehead atoms. The second-order valence-corrected chi connectivity index (χ2v) is 4.14. The molecule has 0 aromatic carbocycles. The van der Waals surface area contributed by atoms with E-state index < -0.39 is 12.1 Å². The van der Waals surface area contributed by atoms with Crippen LogP contribution in [-0.4, -0.2) is 24.0 Å². The van der Waals surface area contributed by atoms with E-state index in [1.807, 2.05) is 0 Å². The van der Waals surface area contributed by atoms with Crippen LogP contribution in [0.1, 0.15) is 46.0 Å². The molecule has 0 aliphatic heterocycles. The highest BCUT2D eigenvalue weighted by Gasteiger charge is 2.19. The Labute approximate surface area is 90.4 Å². The van der Waals surface area contributed by atoms with Crippen LogP contribution < -0.4 is 5.32 Å². The SMILES string of the molecule is CC(=O)C(C)NC(=O)OC1CCCCC1. The van der Waals surface area contributed by atoms with Crippen molar-refractivity contribution in [3.63, 3.8) is 0 Å². The van der Waals surface area contributed by atoms with Gasteiger partial charge in [0.1, 0.15) is 6.10 Å². The third-order valence-corrected chi connectivity index (χ3v) is 2.77. The van der Waals surface area contributed by atoms with Gasteiger partial charge in [0, 0.05) is 0 Å². The quantitative estimate of drug-likeness (QED) is 0.780. The van der Waals surface area contributed by atoms with E-state index >= 15 is 0 Å². The van der Waals surface area contributed by atoms with Gasteiger partial charge in [0.15, 0.2) is 5.78 Å². The number of nitrogens with one attached hydrogen (secondary N) is 1. The summed E-state index contributed by atoms with van der Waals surface area (Å²) in [5, 5.41) is 2.52. The van der Waals surface area contributed by atoms with Crippen LogP contribution in [0.25, 0.3) is 0 Å². The average Bonchev–Trinajstić information content (AvgIpc) is 2.18. The summed E-state index contributed by atoms with van der Waals surface area (Å²) in [7, 11) is 0. The molecule has 15 heavy (non-hydrogen) atoms. The topological polar surface area (TPSA) is 55.4 Å². The first kappa shape index (κ1) is 12.0. The first-order valence-corrected chi connectivity index (χ1v) is 5.57. The maximum atomic E-state index is 11.3. The molecule has 1 saturated carbocycles. The van der Waals surface area contributed by atoms with Gasteiger partial charge in [-0.15, -0.1) is 0 Å². The Kier molecular flexibility index (Phi) is 4.59. The summed E-state index contributed by atoms with van der Waals surface area (Å²) in [5.41, 5.74) is 0. The zero-order valence-electron chi connectivity index (χ0n) is 9.41.